The number of carbonyl (C=O) groups is 1. The predicted molar refractivity (Wildman–Crippen MR) is 136 cm³/mol. The van der Waals surface area contributed by atoms with E-state index in [0.29, 0.717) is 57.6 Å². The number of benzene rings is 2. The van der Waals surface area contributed by atoms with E-state index in [4.69, 9.17) is 23.7 Å². The van der Waals surface area contributed by atoms with Crippen LogP contribution >= 0.6 is 0 Å². The highest BCUT2D eigenvalue weighted by Gasteiger charge is 2.38. The molecule has 2 aliphatic rings. The molecular formula is C28H38N2O6. The molecule has 2 fully saturated rings. The van der Waals surface area contributed by atoms with Crippen molar-refractivity contribution in [1.29, 1.82) is 0 Å². The van der Waals surface area contributed by atoms with Crippen molar-refractivity contribution in [3.8, 4) is 11.5 Å². The first-order valence-corrected chi connectivity index (χ1v) is 12.7. The Balaban J connectivity index is 1.33. The van der Waals surface area contributed by atoms with E-state index in [1.165, 1.54) is 0 Å². The number of nitrogens with one attached hydrogen (secondary N) is 1. The Bertz CT molecular complexity index is 952. The molecular weight excluding hydrogens is 460 g/mol. The van der Waals surface area contributed by atoms with Gasteiger partial charge in [-0.25, -0.2) is 0 Å². The summed E-state index contributed by atoms with van der Waals surface area (Å²) >= 11 is 0. The molecule has 2 aromatic carbocycles. The predicted octanol–water partition coefficient (Wildman–Crippen LogP) is 3.18. The van der Waals surface area contributed by atoms with Gasteiger partial charge in [0.15, 0.2) is 11.5 Å². The van der Waals surface area contributed by atoms with Crippen molar-refractivity contribution in [2.45, 2.75) is 50.7 Å². The summed E-state index contributed by atoms with van der Waals surface area (Å²) in [6.07, 6.45) is 2.15. The van der Waals surface area contributed by atoms with Gasteiger partial charge in [0.1, 0.15) is 6.10 Å². The van der Waals surface area contributed by atoms with Gasteiger partial charge in [-0.15, -0.1) is 0 Å². The van der Waals surface area contributed by atoms with Crippen molar-refractivity contribution in [1.82, 2.24) is 10.2 Å². The van der Waals surface area contributed by atoms with Crippen LogP contribution in [0.5, 0.6) is 11.5 Å². The molecule has 196 valence electrons. The van der Waals surface area contributed by atoms with Crippen LogP contribution in [0.15, 0.2) is 48.5 Å². The van der Waals surface area contributed by atoms with Gasteiger partial charge in [-0.05, 0) is 36.1 Å². The molecule has 1 saturated heterocycles. The van der Waals surface area contributed by atoms with E-state index < -0.39 is 6.10 Å². The summed E-state index contributed by atoms with van der Waals surface area (Å²) < 4.78 is 28.5. The maximum atomic E-state index is 13.5. The number of morpholine rings is 1. The van der Waals surface area contributed by atoms with Gasteiger partial charge < -0.3 is 33.9 Å². The van der Waals surface area contributed by atoms with Crippen LogP contribution in [0.2, 0.25) is 0 Å². The minimum absolute atomic E-state index is 0.0242. The lowest BCUT2D eigenvalue weighted by atomic mass is 10.1. The number of hydrogen-bond acceptors (Lipinski definition) is 7. The molecule has 8 heteroatoms. The van der Waals surface area contributed by atoms with Crippen LogP contribution in [0, 0.1) is 0 Å². The van der Waals surface area contributed by atoms with E-state index in [2.05, 4.69) is 5.32 Å². The fourth-order valence-corrected chi connectivity index (χ4v) is 4.30. The molecule has 2 aromatic rings. The first-order chi connectivity index (χ1) is 17.7. The SMILES string of the molecule is COCCCOc1cc(CN(C(=O)[C@H]2CNC[C@@H](COCc3ccccc3)O2)C2CC2)ccc1OC. The van der Waals surface area contributed by atoms with Gasteiger partial charge in [-0.1, -0.05) is 36.4 Å². The average molecular weight is 499 g/mol. The second-order valence-electron chi connectivity index (χ2n) is 9.28. The molecule has 1 amide bonds. The van der Waals surface area contributed by atoms with Crippen LogP contribution in [0.25, 0.3) is 0 Å². The minimum atomic E-state index is -0.521. The molecule has 36 heavy (non-hydrogen) atoms. The van der Waals surface area contributed by atoms with Crippen LogP contribution in [-0.4, -0.2) is 76.2 Å². The van der Waals surface area contributed by atoms with Crippen LogP contribution in [0.1, 0.15) is 30.4 Å². The summed E-state index contributed by atoms with van der Waals surface area (Å²) in [6, 6.07) is 16.2. The number of carbonyl (C=O) groups excluding carboxylic acids is 1. The van der Waals surface area contributed by atoms with Crippen LogP contribution < -0.4 is 14.8 Å². The topological polar surface area (TPSA) is 78.5 Å². The molecule has 1 saturated carbocycles. The Kier molecular flexibility index (Phi) is 9.98. The fraction of sp³-hybridized carbons (Fsp3) is 0.536. The normalized spacial score (nSPS) is 19.6. The second-order valence-corrected chi connectivity index (χ2v) is 9.28. The number of methoxy groups -OCH3 is 2. The van der Waals surface area contributed by atoms with Crippen LogP contribution in [0.3, 0.4) is 0 Å². The Morgan fingerprint density at radius 1 is 1.03 bits per heavy atom. The second kappa shape index (κ2) is 13.6. The minimum Gasteiger partial charge on any atom is -0.493 e. The molecule has 4 rings (SSSR count). The molecule has 2 atom stereocenters. The maximum absolute atomic E-state index is 13.5. The summed E-state index contributed by atoms with van der Waals surface area (Å²) in [5.74, 6) is 1.38. The number of ether oxygens (including phenoxy) is 5. The summed E-state index contributed by atoms with van der Waals surface area (Å²) in [6.45, 7) is 3.83. The summed E-state index contributed by atoms with van der Waals surface area (Å²) in [7, 11) is 3.31. The highest BCUT2D eigenvalue weighted by molar-refractivity contribution is 5.82. The van der Waals surface area contributed by atoms with E-state index >= 15 is 0 Å². The molecule has 0 aromatic heterocycles. The molecule has 1 heterocycles. The van der Waals surface area contributed by atoms with E-state index in [1.54, 1.807) is 14.2 Å². The standard InChI is InChI=1S/C28H38N2O6/c1-32-13-6-14-35-26-15-22(9-12-25(26)33-2)18-30(23-10-11-23)28(31)27-17-29-16-24(36-27)20-34-19-21-7-4-3-5-8-21/h3-5,7-9,12,15,23-24,27,29H,6,10-11,13-14,16-20H2,1-2H3/t24-,27+/m0/s1. The van der Waals surface area contributed by atoms with Gasteiger partial charge in [-0.2, -0.15) is 0 Å². The number of hydrogen-bond donors (Lipinski definition) is 1. The average Bonchev–Trinajstić information content (AvgIpc) is 3.76. The van der Waals surface area contributed by atoms with Crippen LogP contribution in [-0.2, 0) is 32.2 Å². The summed E-state index contributed by atoms with van der Waals surface area (Å²) in [5.41, 5.74) is 2.12. The Hall–Kier alpha value is -2.65. The fourth-order valence-electron chi connectivity index (χ4n) is 4.30. The monoisotopic (exact) mass is 498 g/mol. The third kappa shape index (κ3) is 7.67. The third-order valence-electron chi connectivity index (χ3n) is 6.35. The molecule has 1 N–H and O–H groups in total. The van der Waals surface area contributed by atoms with Crippen molar-refractivity contribution in [3.63, 3.8) is 0 Å². The molecule has 0 bridgehead atoms. The van der Waals surface area contributed by atoms with Gasteiger partial charge in [0.2, 0.25) is 0 Å². The van der Waals surface area contributed by atoms with E-state index in [0.717, 1.165) is 30.4 Å². The third-order valence-corrected chi connectivity index (χ3v) is 6.35. The van der Waals surface area contributed by atoms with Crippen molar-refractivity contribution >= 4 is 5.91 Å². The smallest absolute Gasteiger partial charge is 0.253 e. The quantitative estimate of drug-likeness (QED) is 0.401. The zero-order chi connectivity index (χ0) is 25.2. The zero-order valence-corrected chi connectivity index (χ0v) is 21.3. The lowest BCUT2D eigenvalue weighted by Crippen LogP contribution is -2.54. The molecule has 0 radical (unpaired) electrons. The molecule has 8 nitrogen and oxygen atoms in total. The van der Waals surface area contributed by atoms with Crippen molar-refractivity contribution < 1.29 is 28.5 Å². The van der Waals surface area contributed by atoms with E-state index in [-0.39, 0.29) is 18.1 Å². The van der Waals surface area contributed by atoms with Crippen molar-refractivity contribution in [3.05, 3.63) is 59.7 Å². The largest absolute Gasteiger partial charge is 0.493 e. The first-order valence-electron chi connectivity index (χ1n) is 12.7. The molecule has 0 unspecified atom stereocenters. The maximum Gasteiger partial charge on any atom is 0.253 e. The van der Waals surface area contributed by atoms with E-state index in [9.17, 15) is 4.79 Å². The number of rotatable bonds is 14. The number of nitrogens with zero attached hydrogens (tertiary/aromatic N) is 1. The molecule has 0 spiro atoms. The summed E-state index contributed by atoms with van der Waals surface area (Å²) in [4.78, 5) is 15.5. The Morgan fingerprint density at radius 2 is 1.86 bits per heavy atom. The lowest BCUT2D eigenvalue weighted by Gasteiger charge is -2.34. The van der Waals surface area contributed by atoms with Gasteiger partial charge in [0.05, 0.1) is 33.0 Å². The van der Waals surface area contributed by atoms with Crippen LogP contribution in [0.4, 0.5) is 0 Å². The Morgan fingerprint density at radius 3 is 2.61 bits per heavy atom. The van der Waals surface area contributed by atoms with Gasteiger partial charge in [-0.3, -0.25) is 4.79 Å². The highest BCUT2D eigenvalue weighted by atomic mass is 16.5. The van der Waals surface area contributed by atoms with Gasteiger partial charge >= 0.3 is 0 Å². The van der Waals surface area contributed by atoms with Crippen molar-refractivity contribution in [2.75, 3.05) is 47.1 Å². The zero-order valence-electron chi connectivity index (χ0n) is 21.3. The van der Waals surface area contributed by atoms with Gasteiger partial charge in [0.25, 0.3) is 5.91 Å². The first kappa shape index (κ1) is 26.4. The Labute approximate surface area is 213 Å². The number of amides is 1. The van der Waals surface area contributed by atoms with Gasteiger partial charge in [0, 0.05) is 45.8 Å². The van der Waals surface area contributed by atoms with E-state index in [1.807, 2.05) is 53.4 Å². The highest BCUT2D eigenvalue weighted by Crippen LogP contribution is 2.33. The summed E-state index contributed by atoms with van der Waals surface area (Å²) in [5, 5.41) is 3.35. The molecule has 1 aliphatic carbocycles. The van der Waals surface area contributed by atoms with Crippen molar-refractivity contribution in [2.24, 2.45) is 0 Å². The lowest BCUT2D eigenvalue weighted by molar-refractivity contribution is -0.155. The molecule has 1 aliphatic heterocycles.